The molecule has 0 aliphatic rings. The first-order valence-corrected chi connectivity index (χ1v) is 7.01. The summed E-state index contributed by atoms with van der Waals surface area (Å²) in [7, 11) is 3.61. The average Bonchev–Trinajstić information content (AvgIpc) is 2.84. The van der Waals surface area contributed by atoms with Crippen LogP contribution >= 0.6 is 11.6 Å². The molecule has 0 aliphatic heterocycles. The van der Waals surface area contributed by atoms with Gasteiger partial charge in [-0.05, 0) is 29.8 Å². The standard InChI is InChI=1S/C16H16ClN3O/c1-20-13-5-3-4-10(9-18)15(13)19-16(20)12-7-6-11(17)8-14(12)21-2/h3-8H,9,18H2,1-2H3. The Morgan fingerprint density at radius 1 is 1.29 bits per heavy atom. The van der Waals surface area contributed by atoms with Gasteiger partial charge in [-0.15, -0.1) is 0 Å². The minimum absolute atomic E-state index is 0.464. The minimum Gasteiger partial charge on any atom is -0.496 e. The summed E-state index contributed by atoms with van der Waals surface area (Å²) in [4.78, 5) is 4.75. The highest BCUT2D eigenvalue weighted by Gasteiger charge is 2.15. The summed E-state index contributed by atoms with van der Waals surface area (Å²) in [5.41, 5.74) is 9.71. The van der Waals surface area contributed by atoms with E-state index in [0.717, 1.165) is 28.0 Å². The zero-order valence-electron chi connectivity index (χ0n) is 11.9. The molecular formula is C16H16ClN3O. The van der Waals surface area contributed by atoms with Crippen LogP contribution in [0.1, 0.15) is 5.56 Å². The van der Waals surface area contributed by atoms with Gasteiger partial charge in [-0.25, -0.2) is 4.98 Å². The topological polar surface area (TPSA) is 53.1 Å². The van der Waals surface area contributed by atoms with E-state index in [4.69, 9.17) is 27.1 Å². The van der Waals surface area contributed by atoms with Gasteiger partial charge in [0.2, 0.25) is 0 Å². The highest BCUT2D eigenvalue weighted by molar-refractivity contribution is 6.30. The second-order valence-corrected chi connectivity index (χ2v) is 5.26. The van der Waals surface area contributed by atoms with Gasteiger partial charge in [0.1, 0.15) is 11.6 Å². The summed E-state index contributed by atoms with van der Waals surface area (Å²) < 4.78 is 7.47. The molecule has 0 spiro atoms. The number of benzene rings is 2. The van der Waals surface area contributed by atoms with Crippen LogP contribution in [-0.4, -0.2) is 16.7 Å². The molecule has 0 atom stereocenters. The number of hydrogen-bond donors (Lipinski definition) is 1. The quantitative estimate of drug-likeness (QED) is 0.807. The SMILES string of the molecule is COc1cc(Cl)ccc1-c1nc2c(CN)cccc2n1C. The maximum absolute atomic E-state index is 6.03. The first-order valence-electron chi connectivity index (χ1n) is 6.64. The van der Waals surface area contributed by atoms with Crippen molar-refractivity contribution in [2.75, 3.05) is 7.11 Å². The van der Waals surface area contributed by atoms with Gasteiger partial charge in [-0.3, -0.25) is 0 Å². The van der Waals surface area contributed by atoms with Gasteiger partial charge in [0.05, 0.1) is 23.7 Å². The van der Waals surface area contributed by atoms with E-state index in [1.807, 2.05) is 41.9 Å². The van der Waals surface area contributed by atoms with Gasteiger partial charge in [0.15, 0.2) is 0 Å². The van der Waals surface area contributed by atoms with Crippen LogP contribution in [0.3, 0.4) is 0 Å². The lowest BCUT2D eigenvalue weighted by molar-refractivity contribution is 0.416. The Balaban J connectivity index is 2.28. The summed E-state index contributed by atoms with van der Waals surface area (Å²) >= 11 is 6.03. The molecule has 21 heavy (non-hydrogen) atoms. The van der Waals surface area contributed by atoms with Gasteiger partial charge >= 0.3 is 0 Å². The maximum Gasteiger partial charge on any atom is 0.144 e. The summed E-state index contributed by atoms with van der Waals surface area (Å²) in [5, 5.41) is 0.636. The number of imidazole rings is 1. The van der Waals surface area contributed by atoms with E-state index < -0.39 is 0 Å². The number of hydrogen-bond acceptors (Lipinski definition) is 3. The number of aryl methyl sites for hydroxylation is 1. The second kappa shape index (κ2) is 5.39. The first kappa shape index (κ1) is 13.9. The highest BCUT2D eigenvalue weighted by Crippen LogP contribution is 2.33. The van der Waals surface area contributed by atoms with Crippen LogP contribution in [0.2, 0.25) is 5.02 Å². The zero-order chi connectivity index (χ0) is 15.0. The Labute approximate surface area is 128 Å². The molecule has 0 aliphatic carbocycles. The molecule has 5 heteroatoms. The van der Waals surface area contributed by atoms with Crippen LogP contribution in [0.25, 0.3) is 22.4 Å². The van der Waals surface area contributed by atoms with Crippen molar-refractivity contribution in [3.8, 4) is 17.1 Å². The Hall–Kier alpha value is -2.04. The molecule has 0 bridgehead atoms. The predicted octanol–water partition coefficient (Wildman–Crippen LogP) is 3.36. The van der Waals surface area contributed by atoms with Gasteiger partial charge < -0.3 is 15.0 Å². The van der Waals surface area contributed by atoms with Crippen molar-refractivity contribution in [3.63, 3.8) is 0 Å². The molecule has 2 aromatic carbocycles. The molecule has 4 nitrogen and oxygen atoms in total. The molecule has 3 aromatic rings. The molecule has 0 radical (unpaired) electrons. The van der Waals surface area contributed by atoms with Gasteiger partial charge in [0, 0.05) is 18.6 Å². The third kappa shape index (κ3) is 2.26. The van der Waals surface area contributed by atoms with Crippen LogP contribution in [0.15, 0.2) is 36.4 Å². The number of para-hydroxylation sites is 1. The van der Waals surface area contributed by atoms with E-state index in [2.05, 4.69) is 0 Å². The smallest absolute Gasteiger partial charge is 0.144 e. The molecule has 0 saturated carbocycles. The molecule has 2 N–H and O–H groups in total. The number of halogens is 1. The van der Waals surface area contributed by atoms with Crippen molar-refractivity contribution in [2.24, 2.45) is 12.8 Å². The van der Waals surface area contributed by atoms with Crippen molar-refractivity contribution in [2.45, 2.75) is 6.54 Å². The molecule has 1 aromatic heterocycles. The number of fused-ring (bicyclic) bond motifs is 1. The van der Waals surface area contributed by atoms with E-state index in [1.165, 1.54) is 0 Å². The van der Waals surface area contributed by atoms with Crippen molar-refractivity contribution in [1.82, 2.24) is 9.55 Å². The molecule has 0 unspecified atom stereocenters. The van der Waals surface area contributed by atoms with Crippen molar-refractivity contribution < 1.29 is 4.74 Å². The van der Waals surface area contributed by atoms with Crippen molar-refractivity contribution in [3.05, 3.63) is 47.0 Å². The predicted molar refractivity (Wildman–Crippen MR) is 85.6 cm³/mol. The third-order valence-electron chi connectivity index (χ3n) is 3.62. The zero-order valence-corrected chi connectivity index (χ0v) is 12.7. The summed E-state index contributed by atoms with van der Waals surface area (Å²) in [6.45, 7) is 0.464. The Morgan fingerprint density at radius 2 is 2.10 bits per heavy atom. The summed E-state index contributed by atoms with van der Waals surface area (Å²) in [6.07, 6.45) is 0. The van der Waals surface area contributed by atoms with Crippen LogP contribution in [0, 0.1) is 0 Å². The number of rotatable bonds is 3. The second-order valence-electron chi connectivity index (χ2n) is 4.83. The lowest BCUT2D eigenvalue weighted by Crippen LogP contribution is -1.97. The van der Waals surface area contributed by atoms with E-state index in [-0.39, 0.29) is 0 Å². The fraction of sp³-hybridized carbons (Fsp3) is 0.188. The van der Waals surface area contributed by atoms with Gasteiger partial charge in [0.25, 0.3) is 0 Å². The number of aromatic nitrogens is 2. The normalized spacial score (nSPS) is 11.0. The number of nitrogens with two attached hydrogens (primary N) is 1. The van der Waals surface area contributed by atoms with Crippen LogP contribution in [0.5, 0.6) is 5.75 Å². The molecule has 0 amide bonds. The van der Waals surface area contributed by atoms with Crippen LogP contribution in [0.4, 0.5) is 0 Å². The van der Waals surface area contributed by atoms with Gasteiger partial charge in [-0.2, -0.15) is 0 Å². The molecule has 0 saturated heterocycles. The van der Waals surface area contributed by atoms with Crippen molar-refractivity contribution in [1.29, 1.82) is 0 Å². The number of ether oxygens (including phenoxy) is 1. The van der Waals surface area contributed by atoms with E-state index >= 15 is 0 Å². The third-order valence-corrected chi connectivity index (χ3v) is 3.85. The van der Waals surface area contributed by atoms with E-state index in [1.54, 1.807) is 13.2 Å². The Bertz CT molecular complexity index is 811. The fourth-order valence-corrected chi connectivity index (χ4v) is 2.69. The van der Waals surface area contributed by atoms with Crippen LogP contribution < -0.4 is 10.5 Å². The van der Waals surface area contributed by atoms with Crippen LogP contribution in [-0.2, 0) is 13.6 Å². The molecule has 1 heterocycles. The Kier molecular flexibility index (Phi) is 3.57. The highest BCUT2D eigenvalue weighted by atomic mass is 35.5. The maximum atomic E-state index is 6.03. The lowest BCUT2D eigenvalue weighted by atomic mass is 10.2. The summed E-state index contributed by atoms with van der Waals surface area (Å²) in [6, 6.07) is 11.6. The minimum atomic E-state index is 0.464. The van der Waals surface area contributed by atoms with Crippen molar-refractivity contribution >= 4 is 22.6 Å². The summed E-state index contributed by atoms with van der Waals surface area (Å²) in [5.74, 6) is 1.54. The molecular weight excluding hydrogens is 286 g/mol. The molecule has 3 rings (SSSR count). The number of methoxy groups -OCH3 is 1. The average molecular weight is 302 g/mol. The van der Waals surface area contributed by atoms with Gasteiger partial charge in [-0.1, -0.05) is 23.7 Å². The Morgan fingerprint density at radius 3 is 2.81 bits per heavy atom. The first-order chi connectivity index (χ1) is 10.2. The number of nitrogens with zero attached hydrogens (tertiary/aromatic N) is 2. The largest absolute Gasteiger partial charge is 0.496 e. The monoisotopic (exact) mass is 301 g/mol. The van der Waals surface area contributed by atoms with E-state index in [9.17, 15) is 0 Å². The fourth-order valence-electron chi connectivity index (χ4n) is 2.53. The molecule has 0 fully saturated rings. The molecule has 108 valence electrons. The lowest BCUT2D eigenvalue weighted by Gasteiger charge is -2.08. The van der Waals surface area contributed by atoms with E-state index in [0.29, 0.717) is 17.3 Å².